The van der Waals surface area contributed by atoms with Crippen LogP contribution in [0, 0.1) is 5.92 Å². The second-order valence-electron chi connectivity index (χ2n) is 7.75. The summed E-state index contributed by atoms with van der Waals surface area (Å²) >= 11 is 0. The SMILES string of the molecule is COc1cc2nc(C(=O)N3CCC(C)CC3)cc(Nc3ccccc3)c2cc1OC. The summed E-state index contributed by atoms with van der Waals surface area (Å²) in [5.41, 5.74) is 2.86. The van der Waals surface area contributed by atoms with Crippen molar-refractivity contribution >= 4 is 28.2 Å². The molecule has 1 aliphatic heterocycles. The van der Waals surface area contributed by atoms with Crippen LogP contribution in [0.25, 0.3) is 10.9 Å². The van der Waals surface area contributed by atoms with Crippen molar-refractivity contribution in [1.82, 2.24) is 9.88 Å². The van der Waals surface area contributed by atoms with Crippen LogP contribution in [0.15, 0.2) is 48.5 Å². The fourth-order valence-electron chi connectivity index (χ4n) is 3.82. The van der Waals surface area contributed by atoms with Gasteiger partial charge in [-0.05, 0) is 43.0 Å². The number of amides is 1. The molecule has 0 radical (unpaired) electrons. The molecule has 156 valence electrons. The Balaban J connectivity index is 1.80. The van der Waals surface area contributed by atoms with Crippen molar-refractivity contribution in [3.05, 3.63) is 54.2 Å². The summed E-state index contributed by atoms with van der Waals surface area (Å²) in [6.45, 7) is 3.78. The van der Waals surface area contributed by atoms with Crippen LogP contribution in [-0.4, -0.2) is 43.1 Å². The molecule has 0 atom stereocenters. The highest BCUT2D eigenvalue weighted by molar-refractivity contribution is 6.01. The smallest absolute Gasteiger partial charge is 0.272 e. The second kappa shape index (κ2) is 8.61. The highest BCUT2D eigenvalue weighted by atomic mass is 16.5. The number of nitrogens with one attached hydrogen (secondary N) is 1. The molecule has 2 aromatic carbocycles. The lowest BCUT2D eigenvalue weighted by atomic mass is 9.99. The molecule has 4 rings (SSSR count). The molecule has 1 fully saturated rings. The maximum Gasteiger partial charge on any atom is 0.272 e. The first kappa shape index (κ1) is 20.0. The van der Waals surface area contributed by atoms with Gasteiger partial charge in [-0.15, -0.1) is 0 Å². The third kappa shape index (κ3) is 4.03. The van der Waals surface area contributed by atoms with Crippen LogP contribution in [0.4, 0.5) is 11.4 Å². The van der Waals surface area contributed by atoms with E-state index in [1.54, 1.807) is 14.2 Å². The maximum absolute atomic E-state index is 13.2. The van der Waals surface area contributed by atoms with Gasteiger partial charge >= 0.3 is 0 Å². The number of ether oxygens (including phenoxy) is 2. The van der Waals surface area contributed by atoms with E-state index in [4.69, 9.17) is 9.47 Å². The predicted molar refractivity (Wildman–Crippen MR) is 119 cm³/mol. The first-order valence-corrected chi connectivity index (χ1v) is 10.3. The number of fused-ring (bicyclic) bond motifs is 1. The number of likely N-dealkylation sites (tertiary alicyclic amines) is 1. The van der Waals surface area contributed by atoms with Gasteiger partial charge in [-0.3, -0.25) is 4.79 Å². The highest BCUT2D eigenvalue weighted by Crippen LogP contribution is 2.36. The molecule has 1 N–H and O–H groups in total. The van der Waals surface area contributed by atoms with Gasteiger partial charge in [-0.1, -0.05) is 25.1 Å². The van der Waals surface area contributed by atoms with E-state index in [1.165, 1.54) is 0 Å². The number of rotatable bonds is 5. The van der Waals surface area contributed by atoms with Crippen molar-refractivity contribution in [2.24, 2.45) is 5.92 Å². The summed E-state index contributed by atoms with van der Waals surface area (Å²) < 4.78 is 10.9. The molecule has 0 bridgehead atoms. The van der Waals surface area contributed by atoms with Crippen LogP contribution in [-0.2, 0) is 0 Å². The Kier molecular flexibility index (Phi) is 5.74. The number of anilines is 2. The number of carbonyl (C=O) groups is 1. The summed E-state index contributed by atoms with van der Waals surface area (Å²) in [6, 6.07) is 15.4. The summed E-state index contributed by atoms with van der Waals surface area (Å²) in [7, 11) is 3.20. The van der Waals surface area contributed by atoms with E-state index in [-0.39, 0.29) is 5.91 Å². The molecule has 30 heavy (non-hydrogen) atoms. The van der Waals surface area contributed by atoms with Gasteiger partial charge in [-0.2, -0.15) is 0 Å². The fourth-order valence-corrected chi connectivity index (χ4v) is 3.82. The molecule has 1 amide bonds. The summed E-state index contributed by atoms with van der Waals surface area (Å²) in [4.78, 5) is 19.8. The Labute approximate surface area is 176 Å². The predicted octanol–water partition coefficient (Wildman–Crippen LogP) is 4.87. The van der Waals surface area contributed by atoms with Gasteiger partial charge in [0.05, 0.1) is 25.4 Å². The van der Waals surface area contributed by atoms with Gasteiger partial charge in [0.1, 0.15) is 5.69 Å². The second-order valence-corrected chi connectivity index (χ2v) is 7.75. The molecule has 0 saturated carbocycles. The average molecular weight is 405 g/mol. The molecule has 3 aromatic rings. The van der Waals surface area contributed by atoms with Gasteiger partial charge in [-0.25, -0.2) is 4.98 Å². The van der Waals surface area contributed by atoms with Crippen LogP contribution < -0.4 is 14.8 Å². The molecule has 1 aromatic heterocycles. The Bertz CT molecular complexity index is 1040. The summed E-state index contributed by atoms with van der Waals surface area (Å²) in [5.74, 6) is 1.83. The number of benzene rings is 2. The largest absolute Gasteiger partial charge is 0.493 e. The zero-order chi connectivity index (χ0) is 21.1. The molecule has 0 unspecified atom stereocenters. The third-order valence-corrected chi connectivity index (χ3v) is 5.66. The van der Waals surface area contributed by atoms with Crippen LogP contribution in [0.3, 0.4) is 0 Å². The lowest BCUT2D eigenvalue weighted by molar-refractivity contribution is 0.0691. The molecule has 1 aliphatic rings. The van der Waals surface area contributed by atoms with E-state index >= 15 is 0 Å². The summed E-state index contributed by atoms with van der Waals surface area (Å²) in [6.07, 6.45) is 2.05. The average Bonchev–Trinajstić information content (AvgIpc) is 2.78. The quantitative estimate of drug-likeness (QED) is 0.656. The lowest BCUT2D eigenvalue weighted by Gasteiger charge is -2.30. The first-order chi connectivity index (χ1) is 14.6. The van der Waals surface area contributed by atoms with E-state index in [0.717, 1.165) is 42.7 Å². The molecule has 2 heterocycles. The number of piperidine rings is 1. The third-order valence-electron chi connectivity index (χ3n) is 5.66. The van der Waals surface area contributed by atoms with E-state index in [1.807, 2.05) is 53.4 Å². The molecular weight excluding hydrogens is 378 g/mol. The van der Waals surface area contributed by atoms with Gasteiger partial charge in [0.15, 0.2) is 11.5 Å². The van der Waals surface area contributed by atoms with Crippen LogP contribution >= 0.6 is 0 Å². The monoisotopic (exact) mass is 405 g/mol. The normalized spacial score (nSPS) is 14.6. The van der Waals surface area contributed by atoms with E-state index in [0.29, 0.717) is 28.6 Å². The Morgan fingerprint density at radius 1 is 1.03 bits per heavy atom. The van der Waals surface area contributed by atoms with E-state index in [9.17, 15) is 4.79 Å². The summed E-state index contributed by atoms with van der Waals surface area (Å²) in [5, 5.41) is 4.30. The Hall–Kier alpha value is -3.28. The topological polar surface area (TPSA) is 63.7 Å². The minimum atomic E-state index is -0.0327. The fraction of sp³-hybridized carbons (Fsp3) is 0.333. The standard InChI is InChI=1S/C24H27N3O3/c1-16-9-11-27(12-10-16)24(28)21-14-19(25-17-7-5-4-6-8-17)18-13-22(29-2)23(30-3)15-20(18)26-21/h4-8,13-16H,9-12H2,1-3H3,(H,25,26). The van der Waals surface area contributed by atoms with Crippen molar-refractivity contribution in [3.63, 3.8) is 0 Å². The lowest BCUT2D eigenvalue weighted by Crippen LogP contribution is -2.38. The molecule has 1 saturated heterocycles. The van der Waals surface area contributed by atoms with Crippen LogP contribution in [0.5, 0.6) is 11.5 Å². The van der Waals surface area contributed by atoms with Crippen molar-refractivity contribution in [2.45, 2.75) is 19.8 Å². The van der Waals surface area contributed by atoms with E-state index < -0.39 is 0 Å². The molecule has 6 nitrogen and oxygen atoms in total. The molecule has 6 heteroatoms. The van der Waals surface area contributed by atoms with E-state index in [2.05, 4.69) is 17.2 Å². The number of hydrogen-bond donors (Lipinski definition) is 1. The number of pyridine rings is 1. The molecule has 0 aliphatic carbocycles. The van der Waals surface area contributed by atoms with Crippen molar-refractivity contribution in [1.29, 1.82) is 0 Å². The zero-order valence-electron chi connectivity index (χ0n) is 17.6. The van der Waals surface area contributed by atoms with Gasteiger partial charge in [0.2, 0.25) is 0 Å². The maximum atomic E-state index is 13.2. The van der Waals surface area contributed by atoms with Gasteiger partial charge in [0, 0.05) is 30.2 Å². The van der Waals surface area contributed by atoms with Crippen molar-refractivity contribution in [2.75, 3.05) is 32.6 Å². The minimum Gasteiger partial charge on any atom is -0.493 e. The number of nitrogens with zero attached hydrogens (tertiary/aromatic N) is 2. The van der Waals surface area contributed by atoms with Crippen molar-refractivity contribution in [3.8, 4) is 11.5 Å². The van der Waals surface area contributed by atoms with Gasteiger partial charge < -0.3 is 19.7 Å². The number of aromatic nitrogens is 1. The first-order valence-electron chi connectivity index (χ1n) is 10.3. The Morgan fingerprint density at radius 3 is 2.37 bits per heavy atom. The van der Waals surface area contributed by atoms with Crippen LogP contribution in [0.1, 0.15) is 30.3 Å². The number of carbonyl (C=O) groups excluding carboxylic acids is 1. The zero-order valence-corrected chi connectivity index (χ0v) is 17.6. The Morgan fingerprint density at radius 2 is 1.70 bits per heavy atom. The van der Waals surface area contributed by atoms with Crippen LogP contribution in [0.2, 0.25) is 0 Å². The number of para-hydroxylation sites is 1. The highest BCUT2D eigenvalue weighted by Gasteiger charge is 2.24. The number of methoxy groups -OCH3 is 2. The molecular formula is C24H27N3O3. The molecule has 0 spiro atoms. The van der Waals surface area contributed by atoms with Gasteiger partial charge in [0.25, 0.3) is 5.91 Å². The number of hydrogen-bond acceptors (Lipinski definition) is 5. The van der Waals surface area contributed by atoms with Crippen molar-refractivity contribution < 1.29 is 14.3 Å². The minimum absolute atomic E-state index is 0.0327.